The van der Waals surface area contributed by atoms with Crippen LogP contribution in [0, 0.1) is 6.92 Å². The predicted octanol–water partition coefficient (Wildman–Crippen LogP) is 1.48. The molecule has 0 aromatic carbocycles. The Balaban J connectivity index is 2.68. The van der Waals surface area contributed by atoms with Crippen LogP contribution in [0.3, 0.4) is 0 Å². The van der Waals surface area contributed by atoms with Gasteiger partial charge in [0.25, 0.3) is 5.91 Å². The number of hydrogen-bond donors (Lipinski definition) is 1. The first-order valence-corrected chi connectivity index (χ1v) is 5.02. The predicted molar refractivity (Wildman–Crippen MR) is 55.4 cm³/mol. The van der Waals surface area contributed by atoms with Crippen molar-refractivity contribution in [1.29, 1.82) is 0 Å². The summed E-state index contributed by atoms with van der Waals surface area (Å²) in [6, 6.07) is 0. The van der Waals surface area contributed by atoms with Crippen molar-refractivity contribution >= 4 is 5.91 Å². The molecule has 76 valence electrons. The van der Waals surface area contributed by atoms with Crippen LogP contribution in [0.25, 0.3) is 0 Å². The zero-order chi connectivity index (χ0) is 10.5. The number of aromatic nitrogens is 1. The van der Waals surface area contributed by atoms with E-state index in [0.717, 1.165) is 12.0 Å². The van der Waals surface area contributed by atoms with Crippen molar-refractivity contribution in [2.45, 2.75) is 32.6 Å². The molecular weight excluding hydrogens is 176 g/mol. The van der Waals surface area contributed by atoms with E-state index in [9.17, 15) is 4.79 Å². The molecule has 0 saturated carbocycles. The molecule has 1 aliphatic rings. The van der Waals surface area contributed by atoms with Gasteiger partial charge in [0.15, 0.2) is 0 Å². The van der Waals surface area contributed by atoms with Crippen molar-refractivity contribution in [2.24, 2.45) is 12.8 Å². The number of carbonyl (C=O) groups excluding carboxylic acids is 1. The van der Waals surface area contributed by atoms with Crippen molar-refractivity contribution < 1.29 is 4.79 Å². The van der Waals surface area contributed by atoms with E-state index in [0.29, 0.717) is 11.6 Å². The molecule has 0 fully saturated rings. The standard InChI is InChI=1S/C11H16N2O/c1-6-4-5-8-9(6)7(2)10(11(12)14)13(8)3/h6H,4-5H2,1-3H3,(H2,12,14). The molecule has 2 rings (SSSR count). The zero-order valence-electron chi connectivity index (χ0n) is 8.92. The van der Waals surface area contributed by atoms with Crippen molar-refractivity contribution in [2.75, 3.05) is 0 Å². The highest BCUT2D eigenvalue weighted by atomic mass is 16.1. The van der Waals surface area contributed by atoms with Crippen LogP contribution in [0.1, 0.15) is 46.6 Å². The lowest BCUT2D eigenvalue weighted by atomic mass is 10.0. The Kier molecular flexibility index (Phi) is 1.91. The molecule has 2 N–H and O–H groups in total. The fraction of sp³-hybridized carbons (Fsp3) is 0.545. The van der Waals surface area contributed by atoms with Crippen LogP contribution in [-0.2, 0) is 13.5 Å². The molecule has 0 bridgehead atoms. The number of hydrogen-bond acceptors (Lipinski definition) is 1. The number of nitrogens with two attached hydrogens (primary N) is 1. The highest BCUT2D eigenvalue weighted by molar-refractivity contribution is 5.93. The summed E-state index contributed by atoms with van der Waals surface area (Å²) in [7, 11) is 1.93. The lowest BCUT2D eigenvalue weighted by molar-refractivity contribution is 0.0991. The second-order valence-electron chi connectivity index (χ2n) is 4.20. The minimum Gasteiger partial charge on any atom is -0.364 e. The van der Waals surface area contributed by atoms with Crippen LogP contribution < -0.4 is 5.73 Å². The van der Waals surface area contributed by atoms with Gasteiger partial charge >= 0.3 is 0 Å². The maximum atomic E-state index is 11.3. The van der Waals surface area contributed by atoms with Crippen LogP contribution >= 0.6 is 0 Å². The van der Waals surface area contributed by atoms with E-state index < -0.39 is 0 Å². The van der Waals surface area contributed by atoms with E-state index in [1.54, 1.807) is 0 Å². The summed E-state index contributed by atoms with van der Waals surface area (Å²) in [5.41, 5.74) is 9.77. The number of rotatable bonds is 1. The first-order chi connectivity index (χ1) is 6.54. The Labute approximate surface area is 83.9 Å². The molecule has 0 spiro atoms. The number of nitrogens with zero attached hydrogens (tertiary/aromatic N) is 1. The summed E-state index contributed by atoms with van der Waals surface area (Å²) in [5, 5.41) is 0. The maximum absolute atomic E-state index is 11.3. The van der Waals surface area contributed by atoms with Gasteiger partial charge in [-0.25, -0.2) is 0 Å². The Morgan fingerprint density at radius 2 is 2.21 bits per heavy atom. The topological polar surface area (TPSA) is 48.0 Å². The molecule has 3 heteroatoms. The molecule has 0 aliphatic heterocycles. The van der Waals surface area contributed by atoms with Gasteiger partial charge in [0.05, 0.1) is 0 Å². The van der Waals surface area contributed by atoms with E-state index in [1.165, 1.54) is 17.7 Å². The molecule has 14 heavy (non-hydrogen) atoms. The molecule has 3 nitrogen and oxygen atoms in total. The molecule has 1 heterocycles. The maximum Gasteiger partial charge on any atom is 0.265 e. The second-order valence-corrected chi connectivity index (χ2v) is 4.20. The first kappa shape index (κ1) is 9.31. The molecule has 1 amide bonds. The lowest BCUT2D eigenvalue weighted by Crippen LogP contribution is -2.17. The quantitative estimate of drug-likeness (QED) is 0.720. The molecule has 1 atom stereocenters. The smallest absolute Gasteiger partial charge is 0.265 e. The summed E-state index contributed by atoms with van der Waals surface area (Å²) < 4.78 is 1.97. The Hall–Kier alpha value is -1.25. The van der Waals surface area contributed by atoms with Gasteiger partial charge < -0.3 is 10.3 Å². The SMILES string of the molecule is Cc1c2c(n(C)c1C(N)=O)CCC2C. The highest BCUT2D eigenvalue weighted by Gasteiger charge is 2.28. The summed E-state index contributed by atoms with van der Waals surface area (Å²) in [6.07, 6.45) is 2.26. The normalized spacial score (nSPS) is 19.8. The van der Waals surface area contributed by atoms with Crippen molar-refractivity contribution in [3.05, 3.63) is 22.5 Å². The fourth-order valence-corrected chi connectivity index (χ4v) is 2.72. The average molecular weight is 192 g/mol. The van der Waals surface area contributed by atoms with Crippen LogP contribution in [0.4, 0.5) is 0 Å². The molecule has 1 aliphatic carbocycles. The summed E-state index contributed by atoms with van der Waals surface area (Å²) in [4.78, 5) is 11.3. The molecule has 0 radical (unpaired) electrons. The Bertz CT molecular complexity index is 404. The Morgan fingerprint density at radius 3 is 2.71 bits per heavy atom. The molecular formula is C11H16N2O. The zero-order valence-corrected chi connectivity index (χ0v) is 8.92. The highest BCUT2D eigenvalue weighted by Crippen LogP contribution is 2.37. The number of carbonyl (C=O) groups is 1. The van der Waals surface area contributed by atoms with Crippen LogP contribution in [0.2, 0.25) is 0 Å². The van der Waals surface area contributed by atoms with Crippen molar-refractivity contribution in [3.63, 3.8) is 0 Å². The van der Waals surface area contributed by atoms with Gasteiger partial charge in [0.1, 0.15) is 5.69 Å². The number of fused-ring (bicyclic) bond motifs is 1. The Morgan fingerprint density at radius 1 is 1.57 bits per heavy atom. The average Bonchev–Trinajstić information content (AvgIpc) is 2.55. The van der Waals surface area contributed by atoms with Crippen molar-refractivity contribution in [3.8, 4) is 0 Å². The van der Waals surface area contributed by atoms with E-state index in [-0.39, 0.29) is 5.91 Å². The van der Waals surface area contributed by atoms with E-state index in [1.807, 2.05) is 18.5 Å². The second kappa shape index (κ2) is 2.87. The largest absolute Gasteiger partial charge is 0.364 e. The minimum absolute atomic E-state index is 0.313. The molecule has 1 unspecified atom stereocenters. The van der Waals surface area contributed by atoms with Gasteiger partial charge in [-0.15, -0.1) is 0 Å². The van der Waals surface area contributed by atoms with Gasteiger partial charge in [-0.1, -0.05) is 6.92 Å². The third kappa shape index (κ3) is 1.01. The molecule has 0 saturated heterocycles. The summed E-state index contributed by atoms with van der Waals surface area (Å²) in [6.45, 7) is 4.21. The van der Waals surface area contributed by atoms with Gasteiger partial charge in [-0.3, -0.25) is 4.79 Å². The summed E-state index contributed by atoms with van der Waals surface area (Å²) in [5.74, 6) is 0.260. The summed E-state index contributed by atoms with van der Waals surface area (Å²) >= 11 is 0. The van der Waals surface area contributed by atoms with E-state index in [2.05, 4.69) is 6.92 Å². The van der Waals surface area contributed by atoms with E-state index in [4.69, 9.17) is 5.73 Å². The van der Waals surface area contributed by atoms with Crippen LogP contribution in [0.15, 0.2) is 0 Å². The fourth-order valence-electron chi connectivity index (χ4n) is 2.72. The van der Waals surface area contributed by atoms with Gasteiger partial charge in [0, 0.05) is 12.7 Å². The number of primary amides is 1. The van der Waals surface area contributed by atoms with Gasteiger partial charge in [-0.2, -0.15) is 0 Å². The lowest BCUT2D eigenvalue weighted by Gasteiger charge is -2.04. The van der Waals surface area contributed by atoms with E-state index >= 15 is 0 Å². The third-order valence-electron chi connectivity index (χ3n) is 3.35. The third-order valence-corrected chi connectivity index (χ3v) is 3.35. The molecule has 1 aromatic rings. The monoisotopic (exact) mass is 192 g/mol. The first-order valence-electron chi connectivity index (χ1n) is 5.02. The van der Waals surface area contributed by atoms with Gasteiger partial charge in [-0.05, 0) is 36.8 Å². The van der Waals surface area contributed by atoms with Crippen molar-refractivity contribution in [1.82, 2.24) is 4.57 Å². The number of amides is 1. The van der Waals surface area contributed by atoms with Crippen LogP contribution in [-0.4, -0.2) is 10.5 Å². The van der Waals surface area contributed by atoms with Crippen LogP contribution in [0.5, 0.6) is 0 Å². The van der Waals surface area contributed by atoms with Gasteiger partial charge in [0.2, 0.25) is 0 Å². The minimum atomic E-state index is -0.313. The molecule has 1 aromatic heterocycles.